The van der Waals surface area contributed by atoms with Gasteiger partial charge in [-0.25, -0.2) is 9.69 Å². The van der Waals surface area contributed by atoms with Crippen molar-refractivity contribution in [3.8, 4) is 0 Å². The number of anilines is 2. The van der Waals surface area contributed by atoms with Crippen LogP contribution in [0.4, 0.5) is 11.4 Å². The lowest BCUT2D eigenvalue weighted by Gasteiger charge is -2.31. The minimum absolute atomic E-state index is 0.115. The molecular formula is C35H31Cl2N3O6S2. The van der Waals surface area contributed by atoms with E-state index in [4.69, 9.17) is 27.9 Å². The molecule has 3 unspecified atom stereocenters. The number of carbonyl (C=O) groups excluding carboxylic acids is 4. The monoisotopic (exact) mass is 723 g/mol. The molecule has 3 aromatic carbocycles. The van der Waals surface area contributed by atoms with Crippen molar-refractivity contribution in [1.29, 1.82) is 0 Å². The lowest BCUT2D eigenvalue weighted by atomic mass is 9.81. The van der Waals surface area contributed by atoms with Gasteiger partial charge < -0.3 is 10.1 Å². The van der Waals surface area contributed by atoms with E-state index in [9.17, 15) is 24.0 Å². The van der Waals surface area contributed by atoms with E-state index < -0.39 is 40.8 Å². The number of benzene rings is 3. The summed E-state index contributed by atoms with van der Waals surface area (Å²) < 4.78 is 6.43. The zero-order valence-electron chi connectivity index (χ0n) is 26.4. The van der Waals surface area contributed by atoms with Crippen LogP contribution >= 0.6 is 46.3 Å². The maximum absolute atomic E-state index is 14.3. The third-order valence-electron chi connectivity index (χ3n) is 8.33. The molecule has 1 fully saturated rings. The number of thiazole rings is 1. The molecule has 6 rings (SSSR count). The van der Waals surface area contributed by atoms with Gasteiger partial charge >= 0.3 is 10.8 Å². The molecule has 9 nitrogen and oxygen atoms in total. The van der Waals surface area contributed by atoms with E-state index >= 15 is 0 Å². The molecule has 2 aliphatic heterocycles. The zero-order chi connectivity index (χ0) is 34.5. The summed E-state index contributed by atoms with van der Waals surface area (Å²) in [7, 11) is 0. The number of hydrogen-bond donors (Lipinski definition) is 1. The van der Waals surface area contributed by atoms with Gasteiger partial charge in [-0.1, -0.05) is 91.3 Å². The molecule has 13 heteroatoms. The lowest BCUT2D eigenvalue weighted by molar-refractivity contribution is -0.122. The minimum Gasteiger partial charge on any atom is -0.462 e. The van der Waals surface area contributed by atoms with E-state index in [1.165, 1.54) is 22.8 Å². The fraction of sp³-hybridized carbons (Fsp3) is 0.286. The summed E-state index contributed by atoms with van der Waals surface area (Å²) in [6, 6.07) is 18.7. The maximum Gasteiger partial charge on any atom is 0.338 e. The van der Waals surface area contributed by atoms with Gasteiger partial charge in [-0.2, -0.15) is 0 Å². The van der Waals surface area contributed by atoms with Crippen LogP contribution in [0.1, 0.15) is 60.0 Å². The number of carbonyl (C=O) groups is 4. The van der Waals surface area contributed by atoms with Crippen molar-refractivity contribution in [2.75, 3.05) is 16.8 Å². The maximum atomic E-state index is 14.3. The first kappa shape index (κ1) is 34.0. The second kappa shape index (κ2) is 13.2. The van der Waals surface area contributed by atoms with E-state index in [1.807, 2.05) is 24.3 Å². The van der Waals surface area contributed by atoms with Crippen molar-refractivity contribution in [3.63, 3.8) is 0 Å². The average molecular weight is 725 g/mol. The van der Waals surface area contributed by atoms with Gasteiger partial charge in [0.15, 0.2) is 0 Å². The predicted octanol–water partition coefficient (Wildman–Crippen LogP) is 7.13. The molecule has 0 spiro atoms. The van der Waals surface area contributed by atoms with Crippen molar-refractivity contribution in [1.82, 2.24) is 4.57 Å². The van der Waals surface area contributed by atoms with Crippen LogP contribution in [-0.4, -0.2) is 40.1 Å². The Hall–Kier alpha value is -3.90. The van der Waals surface area contributed by atoms with Gasteiger partial charge in [0, 0.05) is 16.5 Å². The zero-order valence-corrected chi connectivity index (χ0v) is 29.6. The van der Waals surface area contributed by atoms with E-state index in [-0.39, 0.29) is 28.5 Å². The van der Waals surface area contributed by atoms with E-state index in [0.29, 0.717) is 31.9 Å². The Kier molecular flexibility index (Phi) is 9.34. The summed E-state index contributed by atoms with van der Waals surface area (Å²) in [4.78, 5) is 68.6. The van der Waals surface area contributed by atoms with Crippen LogP contribution in [-0.2, 0) is 31.1 Å². The van der Waals surface area contributed by atoms with Gasteiger partial charge in [0.1, 0.15) is 11.8 Å². The number of rotatable bonds is 7. The Labute approximate surface area is 295 Å². The molecule has 1 N–H and O–H groups in total. The van der Waals surface area contributed by atoms with Crippen LogP contribution in [0.5, 0.6) is 0 Å². The molecule has 1 aromatic heterocycles. The number of esters is 1. The minimum atomic E-state index is -0.861. The largest absolute Gasteiger partial charge is 0.462 e. The van der Waals surface area contributed by atoms with Crippen LogP contribution in [0.2, 0.25) is 10.0 Å². The molecule has 2 aliphatic rings. The van der Waals surface area contributed by atoms with Crippen LogP contribution in [0, 0.1) is 5.92 Å². The molecule has 248 valence electrons. The first-order chi connectivity index (χ1) is 22.8. The number of halogens is 2. The highest BCUT2D eigenvalue weighted by Crippen LogP contribution is 2.54. The second-order valence-electron chi connectivity index (χ2n) is 12.5. The highest BCUT2D eigenvalue weighted by atomic mass is 35.5. The molecule has 0 bridgehead atoms. The number of nitrogens with one attached hydrogen (secondary N) is 1. The summed E-state index contributed by atoms with van der Waals surface area (Å²) in [5.74, 6) is -3.24. The highest BCUT2D eigenvalue weighted by molar-refractivity contribution is 8.00. The number of aromatic nitrogens is 1. The molecular weight excluding hydrogens is 693 g/mol. The fourth-order valence-corrected chi connectivity index (χ4v) is 9.01. The van der Waals surface area contributed by atoms with Gasteiger partial charge in [0.25, 0.3) is 0 Å². The van der Waals surface area contributed by atoms with Gasteiger partial charge in [-0.05, 0) is 65.9 Å². The van der Waals surface area contributed by atoms with Gasteiger partial charge in [0.2, 0.25) is 17.7 Å². The number of imide groups is 1. The molecule has 1 saturated heterocycles. The summed E-state index contributed by atoms with van der Waals surface area (Å²) >= 11 is 14.2. The first-order valence-corrected chi connectivity index (χ1v) is 17.6. The van der Waals surface area contributed by atoms with Gasteiger partial charge in [-0.15, -0.1) is 0 Å². The Bertz CT molecular complexity index is 2000. The van der Waals surface area contributed by atoms with Gasteiger partial charge in [0.05, 0.1) is 38.8 Å². The number of ether oxygens (including phenoxy) is 1. The molecule has 0 saturated carbocycles. The van der Waals surface area contributed by atoms with Crippen molar-refractivity contribution in [3.05, 3.63) is 108 Å². The number of fused-ring (bicyclic) bond motifs is 2. The van der Waals surface area contributed by atoms with E-state index in [2.05, 4.69) is 26.1 Å². The summed E-state index contributed by atoms with van der Waals surface area (Å²) in [5.41, 5.74) is 2.81. The SMILES string of the molecule is CCOC(=O)c1ccc(N2C(=O)C3Sc4c(sc(=O)n4CC(=O)Nc4ccc(Cl)c(Cl)c4)C(c4ccc(C(C)(C)C)cc4)C3C2=O)cc1. The predicted molar refractivity (Wildman–Crippen MR) is 189 cm³/mol. The smallest absolute Gasteiger partial charge is 0.338 e. The molecule has 3 heterocycles. The van der Waals surface area contributed by atoms with Crippen LogP contribution in [0.3, 0.4) is 0 Å². The molecule has 3 amide bonds. The Morgan fingerprint density at radius 2 is 1.60 bits per heavy atom. The molecule has 0 radical (unpaired) electrons. The molecule has 48 heavy (non-hydrogen) atoms. The normalized spacial score (nSPS) is 18.8. The van der Waals surface area contributed by atoms with Crippen LogP contribution in [0.25, 0.3) is 0 Å². The van der Waals surface area contributed by atoms with Crippen molar-refractivity contribution in [2.24, 2.45) is 5.92 Å². The van der Waals surface area contributed by atoms with E-state index in [1.54, 1.807) is 31.2 Å². The molecule has 4 aromatic rings. The Balaban J connectivity index is 1.38. The standard InChI is InChI=1S/C35H31Cl2N3O6S2/c1-5-46-33(44)19-8-13-22(14-9-19)40-30(42)27-26(18-6-10-20(11-7-18)35(2,3)4)29-32(47-28(27)31(40)43)39(34(45)48-29)17-25(41)38-21-12-15-23(36)24(37)16-21/h6-16,26-28H,5,17H2,1-4H3,(H,38,41). The average Bonchev–Trinajstić information content (AvgIpc) is 3.48. The third kappa shape index (κ3) is 6.32. The van der Waals surface area contributed by atoms with Crippen molar-refractivity contribution < 1.29 is 23.9 Å². The van der Waals surface area contributed by atoms with Crippen LogP contribution < -0.4 is 15.1 Å². The summed E-state index contributed by atoms with van der Waals surface area (Å²) in [6.07, 6.45) is 0. The summed E-state index contributed by atoms with van der Waals surface area (Å²) in [6.45, 7) is 7.92. The third-order valence-corrected chi connectivity index (χ3v) is 11.7. The van der Waals surface area contributed by atoms with Crippen molar-refractivity contribution in [2.45, 2.75) is 55.8 Å². The molecule has 3 atom stereocenters. The lowest BCUT2D eigenvalue weighted by Crippen LogP contribution is -2.33. The second-order valence-corrected chi connectivity index (χ2v) is 15.4. The molecule has 0 aliphatic carbocycles. The first-order valence-electron chi connectivity index (χ1n) is 15.2. The number of nitrogens with zero attached hydrogens (tertiary/aromatic N) is 2. The topological polar surface area (TPSA) is 115 Å². The number of thioether (sulfide) groups is 1. The van der Waals surface area contributed by atoms with E-state index in [0.717, 1.165) is 39.1 Å². The van der Waals surface area contributed by atoms with Crippen molar-refractivity contribution >= 4 is 81.4 Å². The fourth-order valence-electron chi connectivity index (χ4n) is 5.94. The van der Waals surface area contributed by atoms with Crippen LogP contribution in [0.15, 0.2) is 76.6 Å². The quantitative estimate of drug-likeness (QED) is 0.159. The Morgan fingerprint density at radius 1 is 0.917 bits per heavy atom. The number of hydrogen-bond acceptors (Lipinski definition) is 8. The number of amides is 3. The Morgan fingerprint density at radius 3 is 2.23 bits per heavy atom. The summed E-state index contributed by atoms with van der Waals surface area (Å²) in [5, 5.41) is 2.97. The van der Waals surface area contributed by atoms with Gasteiger partial charge in [-0.3, -0.25) is 23.7 Å². The highest BCUT2D eigenvalue weighted by Gasteiger charge is 2.56.